The van der Waals surface area contributed by atoms with Crippen molar-refractivity contribution >= 4 is 39.0 Å². The highest BCUT2D eigenvalue weighted by molar-refractivity contribution is 6.12. The number of para-hydroxylation sites is 1. The molecule has 0 aliphatic heterocycles. The van der Waals surface area contributed by atoms with Crippen LogP contribution in [0, 0.1) is 0 Å². The lowest BCUT2D eigenvalue weighted by Crippen LogP contribution is -2.30. The molecule has 0 spiro atoms. The predicted molar refractivity (Wildman–Crippen MR) is 277 cm³/mol. The minimum absolute atomic E-state index is 0.0449. The highest BCUT2D eigenvalue weighted by Crippen LogP contribution is 2.61. The molecule has 4 aliphatic rings. The van der Waals surface area contributed by atoms with Crippen LogP contribution in [0.5, 0.6) is 0 Å². The Bertz CT molecular complexity index is 3750. The van der Waals surface area contributed by atoms with E-state index < -0.39 is 0 Å². The van der Waals surface area contributed by atoms with Gasteiger partial charge in [-0.25, -0.2) is 0 Å². The summed E-state index contributed by atoms with van der Waals surface area (Å²) in [5, 5.41) is 2.30. The second-order valence-corrected chi connectivity index (χ2v) is 19.1. The Kier molecular flexibility index (Phi) is 8.19. The molecule has 67 heavy (non-hydrogen) atoms. The van der Waals surface area contributed by atoms with E-state index in [0.717, 1.165) is 33.3 Å². The van der Waals surface area contributed by atoms with E-state index in [2.05, 4.69) is 237 Å². The first-order chi connectivity index (χ1) is 33.0. The van der Waals surface area contributed by atoms with Crippen LogP contribution in [0.1, 0.15) is 70.2 Å². The summed E-state index contributed by atoms with van der Waals surface area (Å²) >= 11 is 0. The molecule has 2 heteroatoms. The van der Waals surface area contributed by atoms with E-state index in [9.17, 15) is 0 Å². The third-order valence-corrected chi connectivity index (χ3v) is 15.3. The van der Waals surface area contributed by atoms with Crippen LogP contribution in [-0.4, -0.2) is 0 Å². The van der Waals surface area contributed by atoms with Gasteiger partial charge in [-0.1, -0.05) is 196 Å². The molecule has 2 nitrogen and oxygen atoms in total. The van der Waals surface area contributed by atoms with Crippen molar-refractivity contribution in [1.29, 1.82) is 0 Å². The standard InChI is InChI=1S/C65H45NO/c1-65(2)55-27-12-10-20-48(55)49-35-34-45(39-56(49)65)66(44-19-14-18-43(38-44)40-16-4-3-5-17-40)57-37-36-47(63-61-50-21-6-8-23-52(50)62(64(57)63)53-24-9-7-22-51(53)61)42-32-30-41(31-33-42)46-26-15-29-59-60(46)54-25-11-13-28-58(54)67-59/h3-39,61-62H,1-2H3. The van der Waals surface area contributed by atoms with Crippen molar-refractivity contribution in [2.24, 2.45) is 0 Å². The number of anilines is 3. The Hall–Kier alpha value is -8.20. The summed E-state index contributed by atoms with van der Waals surface area (Å²) in [5.41, 5.74) is 26.2. The van der Waals surface area contributed by atoms with Gasteiger partial charge in [0, 0.05) is 39.4 Å². The zero-order chi connectivity index (χ0) is 44.4. The third-order valence-electron chi connectivity index (χ3n) is 15.3. The Labute approximate surface area is 391 Å². The lowest BCUT2D eigenvalue weighted by molar-refractivity contribution is 0.660. The number of hydrogen-bond acceptors (Lipinski definition) is 2. The average Bonchev–Trinajstić information content (AvgIpc) is 3.88. The average molecular weight is 856 g/mol. The van der Waals surface area contributed by atoms with Crippen LogP contribution in [0.3, 0.4) is 0 Å². The molecule has 1 aromatic heterocycles. The normalized spacial score (nSPS) is 15.7. The zero-order valence-electron chi connectivity index (χ0n) is 37.4. The lowest BCUT2D eigenvalue weighted by Gasteiger charge is -2.45. The maximum absolute atomic E-state index is 6.32. The molecular weight excluding hydrogens is 811 g/mol. The fraction of sp³-hybridized carbons (Fsp3) is 0.0769. The van der Waals surface area contributed by atoms with Crippen molar-refractivity contribution in [3.8, 4) is 44.5 Å². The number of rotatable bonds is 6. The van der Waals surface area contributed by atoms with Crippen molar-refractivity contribution in [3.63, 3.8) is 0 Å². The maximum Gasteiger partial charge on any atom is 0.136 e. The third kappa shape index (κ3) is 5.57. The van der Waals surface area contributed by atoms with Crippen LogP contribution in [0.25, 0.3) is 66.4 Å². The van der Waals surface area contributed by atoms with E-state index in [4.69, 9.17) is 4.42 Å². The SMILES string of the molecule is CC1(C)c2ccccc2-c2ccc(N(c3cccc(-c4ccccc4)c3)c3ccc(-c4ccc(-c5cccc6oc7ccccc7c56)cc4)c4c3C3c5ccccc5C4c4ccccc43)cc21. The molecule has 0 atom stereocenters. The fourth-order valence-electron chi connectivity index (χ4n) is 12.3. The lowest BCUT2D eigenvalue weighted by atomic mass is 9.59. The fourth-order valence-corrected chi connectivity index (χ4v) is 12.3. The number of furan rings is 1. The van der Waals surface area contributed by atoms with Gasteiger partial charge in [0.05, 0.1) is 5.69 Å². The van der Waals surface area contributed by atoms with Crippen molar-refractivity contribution in [2.45, 2.75) is 31.1 Å². The molecule has 2 bridgehead atoms. The molecule has 0 saturated carbocycles. The molecule has 11 aromatic rings. The summed E-state index contributed by atoms with van der Waals surface area (Å²) in [7, 11) is 0. The first-order valence-corrected chi connectivity index (χ1v) is 23.6. The molecule has 0 radical (unpaired) electrons. The highest BCUT2D eigenvalue weighted by Gasteiger charge is 2.45. The van der Waals surface area contributed by atoms with Gasteiger partial charge in [-0.15, -0.1) is 0 Å². The Morgan fingerprint density at radius 1 is 0.373 bits per heavy atom. The quantitative estimate of drug-likeness (QED) is 0.166. The van der Waals surface area contributed by atoms with Crippen LogP contribution in [0.15, 0.2) is 229 Å². The molecule has 0 fully saturated rings. The van der Waals surface area contributed by atoms with Gasteiger partial charge in [-0.2, -0.15) is 0 Å². The van der Waals surface area contributed by atoms with E-state index >= 15 is 0 Å². The van der Waals surface area contributed by atoms with Crippen LogP contribution in [0.2, 0.25) is 0 Å². The van der Waals surface area contributed by atoms with E-state index in [1.807, 2.05) is 6.07 Å². The number of benzene rings is 10. The van der Waals surface area contributed by atoms with Gasteiger partial charge in [-0.05, 0) is 131 Å². The number of fused-ring (bicyclic) bond motifs is 6. The first-order valence-electron chi connectivity index (χ1n) is 23.6. The van der Waals surface area contributed by atoms with Crippen molar-refractivity contribution in [3.05, 3.63) is 269 Å². The first kappa shape index (κ1) is 38.1. The molecule has 316 valence electrons. The summed E-state index contributed by atoms with van der Waals surface area (Å²) in [6.07, 6.45) is 0. The van der Waals surface area contributed by atoms with Gasteiger partial charge >= 0.3 is 0 Å². The van der Waals surface area contributed by atoms with Gasteiger partial charge in [0.15, 0.2) is 0 Å². The summed E-state index contributed by atoms with van der Waals surface area (Å²) in [5.74, 6) is 0.113. The molecule has 10 aromatic carbocycles. The van der Waals surface area contributed by atoms with E-state index in [1.54, 1.807) is 0 Å². The van der Waals surface area contributed by atoms with Crippen LogP contribution in [-0.2, 0) is 5.41 Å². The predicted octanol–water partition coefficient (Wildman–Crippen LogP) is 17.4. The molecule has 0 amide bonds. The molecule has 1 heterocycles. The number of nitrogens with zero attached hydrogens (tertiary/aromatic N) is 1. The Morgan fingerprint density at radius 2 is 0.925 bits per heavy atom. The van der Waals surface area contributed by atoms with Crippen LogP contribution < -0.4 is 4.90 Å². The van der Waals surface area contributed by atoms with E-state index in [-0.39, 0.29) is 17.3 Å². The van der Waals surface area contributed by atoms with Crippen molar-refractivity contribution in [1.82, 2.24) is 0 Å². The van der Waals surface area contributed by atoms with Gasteiger partial charge in [0.1, 0.15) is 11.2 Å². The minimum atomic E-state index is -0.151. The summed E-state index contributed by atoms with van der Waals surface area (Å²) in [6, 6.07) is 83.5. The van der Waals surface area contributed by atoms with E-state index in [0.29, 0.717) is 0 Å². The summed E-state index contributed by atoms with van der Waals surface area (Å²) < 4.78 is 6.32. The highest BCUT2D eigenvalue weighted by atomic mass is 16.3. The van der Waals surface area contributed by atoms with Crippen molar-refractivity contribution < 1.29 is 4.42 Å². The molecular formula is C65H45NO. The molecule has 0 N–H and O–H groups in total. The summed E-state index contributed by atoms with van der Waals surface area (Å²) in [4.78, 5) is 2.57. The van der Waals surface area contributed by atoms with Gasteiger partial charge in [0.25, 0.3) is 0 Å². The largest absolute Gasteiger partial charge is 0.456 e. The zero-order valence-corrected chi connectivity index (χ0v) is 37.4. The molecule has 0 saturated heterocycles. The van der Waals surface area contributed by atoms with E-state index in [1.165, 1.54) is 94.7 Å². The Balaban J connectivity index is 1.01. The second-order valence-electron chi connectivity index (χ2n) is 19.1. The van der Waals surface area contributed by atoms with Crippen LogP contribution >= 0.6 is 0 Å². The molecule has 15 rings (SSSR count). The van der Waals surface area contributed by atoms with Crippen molar-refractivity contribution in [2.75, 3.05) is 4.90 Å². The van der Waals surface area contributed by atoms with Gasteiger partial charge < -0.3 is 9.32 Å². The summed E-state index contributed by atoms with van der Waals surface area (Å²) in [6.45, 7) is 4.77. The topological polar surface area (TPSA) is 16.4 Å². The Morgan fingerprint density at radius 3 is 1.69 bits per heavy atom. The smallest absolute Gasteiger partial charge is 0.136 e. The maximum atomic E-state index is 6.32. The minimum Gasteiger partial charge on any atom is -0.456 e. The van der Waals surface area contributed by atoms with Crippen LogP contribution in [0.4, 0.5) is 17.1 Å². The molecule has 0 unspecified atom stereocenters. The van der Waals surface area contributed by atoms with Gasteiger partial charge in [-0.3, -0.25) is 0 Å². The second kappa shape index (κ2) is 14.4. The van der Waals surface area contributed by atoms with Gasteiger partial charge in [0.2, 0.25) is 0 Å². The molecule has 4 aliphatic carbocycles. The number of hydrogen-bond donors (Lipinski definition) is 0. The monoisotopic (exact) mass is 855 g/mol.